The molecule has 0 saturated heterocycles. The van der Waals surface area contributed by atoms with Crippen LogP contribution >= 0.6 is 0 Å². The Morgan fingerprint density at radius 2 is 0.963 bits per heavy atom. The summed E-state index contributed by atoms with van der Waals surface area (Å²) in [4.78, 5) is 2.51. The largest absolute Gasteiger partial charge is 0.308 e. The third-order valence-corrected chi connectivity index (χ3v) is 12.0. The number of fused-ring (bicyclic) bond motifs is 8. The number of hydrogen-bond donors (Lipinski definition) is 0. The summed E-state index contributed by atoms with van der Waals surface area (Å²) in [5.74, 6) is 0. The van der Waals surface area contributed by atoms with Gasteiger partial charge >= 0.3 is 0 Å². The van der Waals surface area contributed by atoms with Gasteiger partial charge in [-0.2, -0.15) is 0 Å². The Morgan fingerprint density at radius 1 is 0.389 bits per heavy atom. The number of benzene rings is 9. The molecule has 2 aliphatic rings. The Morgan fingerprint density at radius 3 is 1.76 bits per heavy atom. The Labute approximate surface area is 316 Å². The highest BCUT2D eigenvalue weighted by atomic mass is 15.2. The number of nitrogens with zero attached hydrogens (tertiary/aromatic N) is 1. The standard InChI is InChI=1S/C53H37N/c1-53(2)47-20-10-9-17-41(47)42-29-28-40(33-48(42)53)51-43-18-7-8-19-44(43)52(54-49-21-11-5-14-35(49)24-25-36-15-6-12-22-50(36)54)45-30-27-39(32-46(45)51)38-26-23-34-13-3-4-16-37(34)31-38/h3-33H,1-2H3. The number of para-hydroxylation sites is 2. The quantitative estimate of drug-likeness (QED) is 0.167. The van der Waals surface area contributed by atoms with E-state index in [9.17, 15) is 0 Å². The zero-order chi connectivity index (χ0) is 36.0. The van der Waals surface area contributed by atoms with Crippen LogP contribution in [-0.4, -0.2) is 0 Å². The lowest BCUT2D eigenvalue weighted by atomic mass is 9.80. The van der Waals surface area contributed by atoms with Crippen LogP contribution in [0.15, 0.2) is 176 Å². The van der Waals surface area contributed by atoms with Crippen LogP contribution in [0.3, 0.4) is 0 Å². The van der Waals surface area contributed by atoms with Crippen LogP contribution in [0.1, 0.15) is 36.1 Å². The van der Waals surface area contributed by atoms with Crippen LogP contribution in [0, 0.1) is 0 Å². The highest BCUT2D eigenvalue weighted by molar-refractivity contribution is 6.23. The molecule has 1 aliphatic carbocycles. The maximum Gasteiger partial charge on any atom is 0.0619 e. The maximum absolute atomic E-state index is 2.51. The lowest BCUT2D eigenvalue weighted by Gasteiger charge is -2.31. The highest BCUT2D eigenvalue weighted by Crippen LogP contribution is 2.53. The molecule has 254 valence electrons. The molecule has 0 unspecified atom stereocenters. The van der Waals surface area contributed by atoms with Crippen LogP contribution < -0.4 is 4.90 Å². The zero-order valence-electron chi connectivity index (χ0n) is 30.3. The summed E-state index contributed by atoms with van der Waals surface area (Å²) in [5.41, 5.74) is 16.3. The molecule has 0 aromatic heterocycles. The second kappa shape index (κ2) is 11.7. The first-order valence-corrected chi connectivity index (χ1v) is 18.9. The molecule has 54 heavy (non-hydrogen) atoms. The van der Waals surface area contributed by atoms with Gasteiger partial charge in [0.1, 0.15) is 0 Å². The molecule has 1 nitrogen and oxygen atoms in total. The van der Waals surface area contributed by atoms with Gasteiger partial charge in [0.2, 0.25) is 0 Å². The van der Waals surface area contributed by atoms with E-state index in [0.717, 1.165) is 0 Å². The lowest BCUT2D eigenvalue weighted by Crippen LogP contribution is -2.15. The van der Waals surface area contributed by atoms with Gasteiger partial charge < -0.3 is 4.90 Å². The summed E-state index contributed by atoms with van der Waals surface area (Å²) in [6, 6.07) is 65.4. The van der Waals surface area contributed by atoms with Crippen molar-refractivity contribution in [2.75, 3.05) is 4.90 Å². The SMILES string of the molecule is CC1(C)c2ccccc2-c2ccc(-c3c4ccccc4c(N4c5ccccc5C=Cc5ccccc54)c4ccc(-c5ccc6ccccc6c5)cc34)cc21. The van der Waals surface area contributed by atoms with E-state index < -0.39 is 0 Å². The predicted molar refractivity (Wildman–Crippen MR) is 231 cm³/mol. The third kappa shape index (κ3) is 4.52. The summed E-state index contributed by atoms with van der Waals surface area (Å²) in [6.07, 6.45) is 4.52. The van der Waals surface area contributed by atoms with E-state index in [1.54, 1.807) is 0 Å². The van der Waals surface area contributed by atoms with Crippen LogP contribution in [0.25, 0.3) is 77.9 Å². The smallest absolute Gasteiger partial charge is 0.0619 e. The first-order valence-electron chi connectivity index (χ1n) is 18.9. The number of hydrogen-bond acceptors (Lipinski definition) is 1. The maximum atomic E-state index is 2.51. The predicted octanol–water partition coefficient (Wildman–Crippen LogP) is 14.7. The van der Waals surface area contributed by atoms with E-state index in [0.29, 0.717) is 0 Å². The normalized spacial score (nSPS) is 13.8. The summed E-state index contributed by atoms with van der Waals surface area (Å²) in [5, 5.41) is 7.45. The van der Waals surface area contributed by atoms with Crippen LogP contribution in [0.4, 0.5) is 17.1 Å². The molecule has 0 radical (unpaired) electrons. The van der Waals surface area contributed by atoms with Crippen LogP contribution in [0.2, 0.25) is 0 Å². The fourth-order valence-electron chi connectivity index (χ4n) is 9.33. The van der Waals surface area contributed by atoms with Crippen LogP contribution in [0.5, 0.6) is 0 Å². The Kier molecular flexibility index (Phi) is 6.66. The average Bonchev–Trinajstić information content (AvgIpc) is 3.33. The van der Waals surface area contributed by atoms with Crippen molar-refractivity contribution in [1.29, 1.82) is 0 Å². The van der Waals surface area contributed by atoms with E-state index in [-0.39, 0.29) is 5.41 Å². The second-order valence-corrected chi connectivity index (χ2v) is 15.3. The van der Waals surface area contributed by atoms with Gasteiger partial charge in [0, 0.05) is 16.2 Å². The molecule has 0 fully saturated rings. The highest BCUT2D eigenvalue weighted by Gasteiger charge is 2.35. The van der Waals surface area contributed by atoms with Crippen LogP contribution in [-0.2, 0) is 5.41 Å². The molecule has 0 atom stereocenters. The number of rotatable bonds is 3. The van der Waals surface area contributed by atoms with Crippen molar-refractivity contribution in [1.82, 2.24) is 0 Å². The molecule has 1 aliphatic heterocycles. The van der Waals surface area contributed by atoms with Gasteiger partial charge in [-0.1, -0.05) is 172 Å². The minimum absolute atomic E-state index is 0.101. The number of anilines is 3. The fraction of sp³-hybridized carbons (Fsp3) is 0.0566. The van der Waals surface area contributed by atoms with Gasteiger partial charge in [0.25, 0.3) is 0 Å². The molecular weight excluding hydrogens is 651 g/mol. The zero-order valence-corrected chi connectivity index (χ0v) is 30.3. The molecule has 9 aromatic rings. The van der Waals surface area contributed by atoms with Crippen molar-refractivity contribution >= 4 is 61.5 Å². The van der Waals surface area contributed by atoms with Crippen molar-refractivity contribution < 1.29 is 0 Å². The van der Waals surface area contributed by atoms with Crippen molar-refractivity contribution in [3.8, 4) is 33.4 Å². The second-order valence-electron chi connectivity index (χ2n) is 15.3. The first kappa shape index (κ1) is 30.9. The molecule has 11 rings (SSSR count). The summed E-state index contributed by atoms with van der Waals surface area (Å²) < 4.78 is 0. The summed E-state index contributed by atoms with van der Waals surface area (Å²) in [7, 11) is 0. The average molecular weight is 688 g/mol. The monoisotopic (exact) mass is 687 g/mol. The first-order chi connectivity index (χ1) is 26.5. The molecular formula is C53H37N. The van der Waals surface area contributed by atoms with Crippen molar-refractivity contribution in [2.24, 2.45) is 0 Å². The Bertz CT molecular complexity index is 2980. The van der Waals surface area contributed by atoms with Gasteiger partial charge in [0.15, 0.2) is 0 Å². The van der Waals surface area contributed by atoms with Crippen molar-refractivity contribution in [3.05, 3.63) is 198 Å². The molecule has 0 amide bonds. The Hall–Kier alpha value is -6.70. The van der Waals surface area contributed by atoms with Gasteiger partial charge in [0.05, 0.1) is 17.1 Å². The van der Waals surface area contributed by atoms with E-state index in [2.05, 4.69) is 207 Å². The molecule has 0 saturated carbocycles. The molecule has 1 heteroatoms. The Balaban J connectivity index is 1.25. The minimum Gasteiger partial charge on any atom is -0.308 e. The lowest BCUT2D eigenvalue weighted by molar-refractivity contribution is 0.660. The molecule has 0 bridgehead atoms. The molecule has 9 aromatic carbocycles. The summed E-state index contributed by atoms with van der Waals surface area (Å²) in [6.45, 7) is 4.75. The van der Waals surface area contributed by atoms with E-state index >= 15 is 0 Å². The fourth-order valence-corrected chi connectivity index (χ4v) is 9.33. The topological polar surface area (TPSA) is 3.24 Å². The van der Waals surface area contributed by atoms with E-state index in [1.165, 1.54) is 105 Å². The van der Waals surface area contributed by atoms with E-state index in [4.69, 9.17) is 0 Å². The van der Waals surface area contributed by atoms with Crippen molar-refractivity contribution in [2.45, 2.75) is 19.3 Å². The van der Waals surface area contributed by atoms with Gasteiger partial charge in [-0.25, -0.2) is 0 Å². The summed E-state index contributed by atoms with van der Waals surface area (Å²) >= 11 is 0. The molecule has 0 N–H and O–H groups in total. The molecule has 1 heterocycles. The van der Waals surface area contributed by atoms with Crippen molar-refractivity contribution in [3.63, 3.8) is 0 Å². The van der Waals surface area contributed by atoms with Gasteiger partial charge in [-0.05, 0) is 108 Å². The minimum atomic E-state index is -0.101. The molecule has 0 spiro atoms. The van der Waals surface area contributed by atoms with E-state index in [1.807, 2.05) is 0 Å². The van der Waals surface area contributed by atoms with Gasteiger partial charge in [-0.3, -0.25) is 0 Å². The van der Waals surface area contributed by atoms with Gasteiger partial charge in [-0.15, -0.1) is 0 Å². The third-order valence-electron chi connectivity index (χ3n) is 12.0.